The largest absolute Gasteiger partial charge is 0.497 e. The van der Waals surface area contributed by atoms with Crippen molar-refractivity contribution in [3.05, 3.63) is 95.1 Å². The molecule has 0 heterocycles. The van der Waals surface area contributed by atoms with Crippen LogP contribution < -0.4 is 10.1 Å². The van der Waals surface area contributed by atoms with Gasteiger partial charge in [0.2, 0.25) is 5.91 Å². The summed E-state index contributed by atoms with van der Waals surface area (Å²) in [6, 6.07) is 24.6. The number of anilines is 1. The molecule has 0 saturated heterocycles. The van der Waals surface area contributed by atoms with E-state index in [-0.39, 0.29) is 17.2 Å². The smallest absolute Gasteiger partial charge is 0.228 e. The number of benzene rings is 3. The van der Waals surface area contributed by atoms with Gasteiger partial charge in [0.15, 0.2) is 0 Å². The van der Waals surface area contributed by atoms with Crippen molar-refractivity contribution < 1.29 is 9.53 Å². The molecule has 0 bridgehead atoms. The second kappa shape index (κ2) is 7.16. The summed E-state index contributed by atoms with van der Waals surface area (Å²) in [5.41, 5.74) is 5.40. The van der Waals surface area contributed by atoms with E-state index in [1.807, 2.05) is 24.3 Å². The Morgan fingerprint density at radius 1 is 0.857 bits per heavy atom. The molecule has 142 valence electrons. The lowest BCUT2D eigenvalue weighted by atomic mass is 9.85. The molecule has 1 fully saturated rings. The van der Waals surface area contributed by atoms with E-state index >= 15 is 0 Å². The number of aryl methyl sites for hydroxylation is 2. The lowest BCUT2D eigenvalue weighted by Crippen LogP contribution is -2.22. The summed E-state index contributed by atoms with van der Waals surface area (Å²) >= 11 is 0. The lowest BCUT2D eigenvalue weighted by Gasteiger charge is -2.19. The third kappa shape index (κ3) is 3.29. The highest BCUT2D eigenvalue weighted by molar-refractivity contribution is 5.97. The maximum atomic E-state index is 13.1. The number of amides is 1. The Labute approximate surface area is 166 Å². The van der Waals surface area contributed by atoms with Gasteiger partial charge in [-0.3, -0.25) is 4.79 Å². The van der Waals surface area contributed by atoms with E-state index < -0.39 is 0 Å². The fraction of sp³-hybridized carbons (Fsp3) is 0.240. The summed E-state index contributed by atoms with van der Waals surface area (Å²) in [6.45, 7) is 4.17. The van der Waals surface area contributed by atoms with E-state index in [4.69, 9.17) is 4.74 Å². The molecule has 0 spiro atoms. The highest BCUT2D eigenvalue weighted by Gasteiger charge is 2.60. The molecule has 0 aliphatic heterocycles. The molecule has 0 radical (unpaired) electrons. The Morgan fingerprint density at radius 3 is 1.82 bits per heavy atom. The van der Waals surface area contributed by atoms with Crippen LogP contribution in [0, 0.1) is 19.8 Å². The number of rotatable bonds is 5. The van der Waals surface area contributed by atoms with Crippen LogP contribution in [-0.2, 0) is 10.2 Å². The van der Waals surface area contributed by atoms with Crippen molar-refractivity contribution in [2.45, 2.75) is 25.7 Å². The van der Waals surface area contributed by atoms with Crippen LogP contribution >= 0.6 is 0 Å². The molecule has 0 unspecified atom stereocenters. The number of nitrogens with one attached hydrogen (secondary N) is 1. The number of carbonyl (C=O) groups excluding carboxylic acids is 1. The summed E-state index contributed by atoms with van der Waals surface area (Å²) in [7, 11) is 1.63. The molecule has 1 atom stereocenters. The predicted molar refractivity (Wildman–Crippen MR) is 113 cm³/mol. The van der Waals surface area contributed by atoms with Gasteiger partial charge in [-0.05, 0) is 55.7 Å². The number of hydrogen-bond donors (Lipinski definition) is 1. The Bertz CT molecular complexity index is 927. The average Bonchev–Trinajstić information content (AvgIpc) is 3.47. The molecular weight excluding hydrogens is 346 g/mol. The second-order valence-electron chi connectivity index (χ2n) is 7.68. The van der Waals surface area contributed by atoms with Gasteiger partial charge in [0.25, 0.3) is 0 Å². The molecule has 1 amide bonds. The maximum absolute atomic E-state index is 13.1. The van der Waals surface area contributed by atoms with Crippen LogP contribution in [0.2, 0.25) is 0 Å². The summed E-state index contributed by atoms with van der Waals surface area (Å²) in [5, 5.41) is 3.08. The van der Waals surface area contributed by atoms with Gasteiger partial charge < -0.3 is 10.1 Å². The van der Waals surface area contributed by atoms with E-state index in [2.05, 4.69) is 67.7 Å². The van der Waals surface area contributed by atoms with Crippen LogP contribution in [0.1, 0.15) is 28.7 Å². The van der Waals surface area contributed by atoms with Gasteiger partial charge in [0, 0.05) is 11.1 Å². The third-order valence-corrected chi connectivity index (χ3v) is 5.77. The molecule has 4 rings (SSSR count). The first kappa shape index (κ1) is 18.3. The Balaban J connectivity index is 1.63. The molecular formula is C25H25NO2. The Morgan fingerprint density at radius 2 is 1.36 bits per heavy atom. The summed E-state index contributed by atoms with van der Waals surface area (Å²) in [4.78, 5) is 13.1. The quantitative estimate of drug-likeness (QED) is 0.665. The van der Waals surface area contributed by atoms with Crippen molar-refractivity contribution in [1.29, 1.82) is 0 Å². The first-order valence-corrected chi connectivity index (χ1v) is 9.62. The summed E-state index contributed by atoms with van der Waals surface area (Å²) in [6.07, 6.45) is 0.821. The van der Waals surface area contributed by atoms with Gasteiger partial charge in [-0.2, -0.15) is 0 Å². The van der Waals surface area contributed by atoms with Gasteiger partial charge in [0.1, 0.15) is 5.75 Å². The molecule has 1 saturated carbocycles. The van der Waals surface area contributed by atoms with Gasteiger partial charge in [-0.25, -0.2) is 0 Å². The number of carbonyl (C=O) groups is 1. The highest BCUT2D eigenvalue weighted by atomic mass is 16.5. The van der Waals surface area contributed by atoms with E-state index in [1.165, 1.54) is 22.3 Å². The molecule has 3 nitrogen and oxygen atoms in total. The summed E-state index contributed by atoms with van der Waals surface area (Å²) in [5.74, 6) is 0.754. The standard InChI is InChI=1S/C25H25NO2/c1-17-4-8-19(9-5-17)25(20-10-6-18(2)7-11-20)16-23(25)24(27)26-21-12-14-22(28-3)15-13-21/h4-15,23H,16H2,1-3H3,(H,26,27)/t23-/m0/s1. The van der Waals surface area contributed by atoms with Crippen molar-refractivity contribution >= 4 is 11.6 Å². The second-order valence-corrected chi connectivity index (χ2v) is 7.68. The minimum Gasteiger partial charge on any atom is -0.497 e. The van der Waals surface area contributed by atoms with Crippen molar-refractivity contribution in [2.75, 3.05) is 12.4 Å². The van der Waals surface area contributed by atoms with E-state index in [0.29, 0.717) is 0 Å². The fourth-order valence-electron chi connectivity index (χ4n) is 3.99. The van der Waals surface area contributed by atoms with Crippen LogP contribution in [0.3, 0.4) is 0 Å². The normalized spacial score (nSPS) is 17.0. The molecule has 1 aliphatic rings. The average molecular weight is 371 g/mol. The molecule has 3 aromatic rings. The molecule has 1 aliphatic carbocycles. The topological polar surface area (TPSA) is 38.3 Å². The Kier molecular flexibility index (Phi) is 4.68. The fourth-order valence-corrected chi connectivity index (χ4v) is 3.99. The highest BCUT2D eigenvalue weighted by Crippen LogP contribution is 2.59. The van der Waals surface area contributed by atoms with Gasteiger partial charge in [-0.1, -0.05) is 59.7 Å². The first-order valence-electron chi connectivity index (χ1n) is 9.62. The number of methoxy groups -OCH3 is 1. The Hall–Kier alpha value is -3.07. The number of hydrogen-bond acceptors (Lipinski definition) is 2. The number of ether oxygens (including phenoxy) is 1. The zero-order chi connectivity index (χ0) is 19.7. The minimum absolute atomic E-state index is 0.0614. The SMILES string of the molecule is COc1ccc(NC(=O)[C@@H]2CC2(c2ccc(C)cc2)c2ccc(C)cc2)cc1. The lowest BCUT2D eigenvalue weighted by molar-refractivity contribution is -0.117. The van der Waals surface area contributed by atoms with Crippen LogP contribution in [0.5, 0.6) is 5.75 Å². The van der Waals surface area contributed by atoms with Gasteiger partial charge >= 0.3 is 0 Å². The van der Waals surface area contributed by atoms with Gasteiger partial charge in [0.05, 0.1) is 13.0 Å². The van der Waals surface area contributed by atoms with Crippen LogP contribution in [0.25, 0.3) is 0 Å². The van der Waals surface area contributed by atoms with E-state index in [1.54, 1.807) is 7.11 Å². The van der Waals surface area contributed by atoms with Crippen molar-refractivity contribution in [3.8, 4) is 5.75 Å². The maximum Gasteiger partial charge on any atom is 0.228 e. The zero-order valence-corrected chi connectivity index (χ0v) is 16.5. The summed E-state index contributed by atoms with van der Waals surface area (Å²) < 4.78 is 5.19. The molecule has 0 aromatic heterocycles. The van der Waals surface area contributed by atoms with Crippen LogP contribution in [0.15, 0.2) is 72.8 Å². The molecule has 3 aromatic carbocycles. The van der Waals surface area contributed by atoms with Crippen molar-refractivity contribution in [3.63, 3.8) is 0 Å². The zero-order valence-electron chi connectivity index (χ0n) is 16.5. The van der Waals surface area contributed by atoms with E-state index in [9.17, 15) is 4.79 Å². The monoisotopic (exact) mass is 371 g/mol. The van der Waals surface area contributed by atoms with Crippen molar-refractivity contribution in [1.82, 2.24) is 0 Å². The van der Waals surface area contributed by atoms with Crippen LogP contribution in [-0.4, -0.2) is 13.0 Å². The molecule has 28 heavy (non-hydrogen) atoms. The predicted octanol–water partition coefficient (Wildman–Crippen LogP) is 5.26. The molecule has 3 heteroatoms. The first-order chi connectivity index (χ1) is 13.5. The third-order valence-electron chi connectivity index (χ3n) is 5.77. The van der Waals surface area contributed by atoms with Crippen molar-refractivity contribution in [2.24, 2.45) is 5.92 Å². The molecule has 1 N–H and O–H groups in total. The minimum atomic E-state index is -0.252. The van der Waals surface area contributed by atoms with E-state index in [0.717, 1.165) is 17.9 Å². The van der Waals surface area contributed by atoms with Gasteiger partial charge in [-0.15, -0.1) is 0 Å². The van der Waals surface area contributed by atoms with Crippen LogP contribution in [0.4, 0.5) is 5.69 Å².